The molecule has 0 aromatic carbocycles. The van der Waals surface area contributed by atoms with Crippen molar-refractivity contribution in [2.45, 2.75) is 19.9 Å². The van der Waals surface area contributed by atoms with Crippen LogP contribution in [0.3, 0.4) is 0 Å². The topological polar surface area (TPSA) is 134 Å². The Labute approximate surface area is 135 Å². The second-order valence-corrected chi connectivity index (χ2v) is 5.93. The van der Waals surface area contributed by atoms with Gasteiger partial charge >= 0.3 is 5.97 Å². The Kier molecular flexibility index (Phi) is 4.84. The molecule has 0 bridgehead atoms. The van der Waals surface area contributed by atoms with Crippen molar-refractivity contribution in [2.75, 3.05) is 19.0 Å². The summed E-state index contributed by atoms with van der Waals surface area (Å²) in [6.07, 6.45) is 0.481. The Balaban J connectivity index is 2.41. The van der Waals surface area contributed by atoms with Crippen LogP contribution in [0.2, 0.25) is 0 Å². The molecule has 2 rings (SSSR count). The number of oxime groups is 1. The molecule has 0 aliphatic carbocycles. The smallest absolute Gasteiger partial charge is 0.341 e. The Morgan fingerprint density at radius 3 is 2.70 bits per heavy atom. The number of thiophene rings is 1. The highest BCUT2D eigenvalue weighted by Crippen LogP contribution is 2.37. The molecule has 1 aliphatic heterocycles. The number of carbonyl (C=O) groups is 3. The summed E-state index contributed by atoms with van der Waals surface area (Å²) >= 11 is 1.16. The van der Waals surface area contributed by atoms with Gasteiger partial charge in [-0.25, -0.2) is 4.79 Å². The van der Waals surface area contributed by atoms with E-state index in [0.717, 1.165) is 21.8 Å². The number of carbonyl (C=O) groups excluding carboxylic acids is 3. The van der Waals surface area contributed by atoms with Gasteiger partial charge in [0.15, 0.2) is 0 Å². The molecular weight excluding hydrogens is 324 g/mol. The van der Waals surface area contributed by atoms with E-state index in [1.54, 1.807) is 4.90 Å². The molecular formula is C13H16N4O5S. The maximum Gasteiger partial charge on any atom is 0.341 e. The van der Waals surface area contributed by atoms with Gasteiger partial charge in [-0.3, -0.25) is 9.59 Å². The van der Waals surface area contributed by atoms with Crippen LogP contribution < -0.4 is 11.1 Å². The minimum atomic E-state index is -0.834. The molecule has 0 atom stereocenters. The number of amides is 2. The molecule has 1 aliphatic rings. The number of amidine groups is 1. The molecule has 0 saturated carbocycles. The lowest BCUT2D eigenvalue weighted by Crippen LogP contribution is -2.34. The zero-order valence-corrected chi connectivity index (χ0v) is 13.4. The van der Waals surface area contributed by atoms with Gasteiger partial charge < -0.3 is 25.9 Å². The van der Waals surface area contributed by atoms with E-state index >= 15 is 0 Å². The fourth-order valence-electron chi connectivity index (χ4n) is 2.29. The third-order valence-electron chi connectivity index (χ3n) is 3.46. The van der Waals surface area contributed by atoms with Gasteiger partial charge in [-0.2, -0.15) is 0 Å². The minimum absolute atomic E-state index is 0.0640. The Morgan fingerprint density at radius 1 is 1.43 bits per heavy atom. The third-order valence-corrected chi connectivity index (χ3v) is 4.59. The van der Waals surface area contributed by atoms with Crippen LogP contribution in [0, 0.1) is 0 Å². The van der Waals surface area contributed by atoms with Crippen molar-refractivity contribution in [1.82, 2.24) is 4.90 Å². The number of rotatable bonds is 2. The zero-order valence-electron chi connectivity index (χ0n) is 12.6. The monoisotopic (exact) mass is 340 g/mol. The third kappa shape index (κ3) is 3.26. The first-order valence-corrected chi connectivity index (χ1v) is 7.47. The first kappa shape index (κ1) is 16.7. The van der Waals surface area contributed by atoms with E-state index in [2.05, 4.69) is 10.5 Å². The van der Waals surface area contributed by atoms with Crippen molar-refractivity contribution < 1.29 is 24.3 Å². The summed E-state index contributed by atoms with van der Waals surface area (Å²) in [4.78, 5) is 37.7. The predicted octanol–water partition coefficient (Wildman–Crippen LogP) is 0.124. The van der Waals surface area contributed by atoms with Crippen LogP contribution in [-0.2, 0) is 27.3 Å². The first-order valence-electron chi connectivity index (χ1n) is 6.66. The van der Waals surface area contributed by atoms with Crippen LogP contribution in [0.4, 0.5) is 5.00 Å². The molecule has 124 valence electrons. The van der Waals surface area contributed by atoms with E-state index < -0.39 is 17.7 Å². The number of fused-ring (bicyclic) bond motifs is 1. The SMILES string of the molecule is COC(=O)c1c(NC(=O)/C(N)=N/O)sc2c1CCN(C(C)=O)C2. The summed E-state index contributed by atoms with van der Waals surface area (Å²) in [6.45, 7) is 2.32. The lowest BCUT2D eigenvalue weighted by Gasteiger charge is -2.25. The van der Waals surface area contributed by atoms with Gasteiger partial charge in [0.1, 0.15) is 5.00 Å². The van der Waals surface area contributed by atoms with E-state index in [1.165, 1.54) is 14.0 Å². The summed E-state index contributed by atoms with van der Waals surface area (Å²) in [7, 11) is 1.24. The van der Waals surface area contributed by atoms with Crippen LogP contribution in [0.25, 0.3) is 0 Å². The zero-order chi connectivity index (χ0) is 17.1. The van der Waals surface area contributed by atoms with Gasteiger partial charge in [0.05, 0.1) is 19.2 Å². The first-order chi connectivity index (χ1) is 10.9. The molecule has 1 aromatic rings. The lowest BCUT2D eigenvalue weighted by atomic mass is 10.0. The molecule has 0 spiro atoms. The number of nitrogens with zero attached hydrogens (tertiary/aromatic N) is 2. The molecule has 2 amide bonds. The van der Waals surface area contributed by atoms with E-state index in [1.807, 2.05) is 0 Å². The van der Waals surface area contributed by atoms with Crippen molar-refractivity contribution in [3.8, 4) is 0 Å². The van der Waals surface area contributed by atoms with Gasteiger partial charge in [0.2, 0.25) is 11.7 Å². The molecule has 2 heterocycles. The Morgan fingerprint density at radius 2 is 2.13 bits per heavy atom. The lowest BCUT2D eigenvalue weighted by molar-refractivity contribution is -0.129. The molecule has 1 aromatic heterocycles. The van der Waals surface area contributed by atoms with Gasteiger partial charge in [-0.1, -0.05) is 5.16 Å². The van der Waals surface area contributed by atoms with E-state index in [4.69, 9.17) is 15.7 Å². The number of hydrogen-bond acceptors (Lipinski definition) is 7. The molecule has 0 radical (unpaired) electrons. The van der Waals surface area contributed by atoms with Gasteiger partial charge in [-0.05, 0) is 12.0 Å². The normalized spacial score (nSPS) is 14.2. The van der Waals surface area contributed by atoms with Crippen LogP contribution in [0.1, 0.15) is 27.7 Å². The summed E-state index contributed by atoms with van der Waals surface area (Å²) in [5, 5.41) is 13.8. The number of esters is 1. The number of hydrogen-bond donors (Lipinski definition) is 3. The number of ether oxygens (including phenoxy) is 1. The van der Waals surface area contributed by atoms with Crippen molar-refractivity contribution in [3.05, 3.63) is 16.0 Å². The van der Waals surface area contributed by atoms with Crippen LogP contribution in [0.5, 0.6) is 0 Å². The Hall–Kier alpha value is -2.62. The highest BCUT2D eigenvalue weighted by atomic mass is 32.1. The quantitative estimate of drug-likeness (QED) is 0.230. The highest BCUT2D eigenvalue weighted by molar-refractivity contribution is 7.17. The number of nitrogens with one attached hydrogen (secondary N) is 1. The van der Waals surface area contributed by atoms with Crippen molar-refractivity contribution in [3.63, 3.8) is 0 Å². The summed E-state index contributed by atoms with van der Waals surface area (Å²) in [5.74, 6) is -2.11. The molecule has 9 nitrogen and oxygen atoms in total. The van der Waals surface area contributed by atoms with Gasteiger partial charge in [-0.15, -0.1) is 11.3 Å². The number of nitrogens with two attached hydrogens (primary N) is 1. The standard InChI is InChI=1S/C13H16N4O5S/c1-6(18)17-4-3-7-8(5-17)23-12(9(7)13(20)22-2)15-11(19)10(14)16-21/h21H,3-5H2,1-2H3,(H2,14,16)(H,15,19). The van der Waals surface area contributed by atoms with Crippen LogP contribution in [0.15, 0.2) is 5.16 Å². The van der Waals surface area contributed by atoms with Gasteiger partial charge in [0.25, 0.3) is 5.91 Å². The molecule has 23 heavy (non-hydrogen) atoms. The second kappa shape index (κ2) is 6.65. The minimum Gasteiger partial charge on any atom is -0.465 e. The average molecular weight is 340 g/mol. The second-order valence-electron chi connectivity index (χ2n) is 4.83. The molecule has 0 unspecified atom stereocenters. The Bertz CT molecular complexity index is 697. The van der Waals surface area contributed by atoms with Crippen LogP contribution in [-0.4, -0.2) is 47.4 Å². The summed E-state index contributed by atoms with van der Waals surface area (Å²) in [5.41, 5.74) is 6.22. The van der Waals surface area contributed by atoms with Crippen molar-refractivity contribution >= 4 is 40.0 Å². The molecule has 4 N–H and O–H groups in total. The number of methoxy groups -OCH3 is 1. The van der Waals surface area contributed by atoms with Gasteiger partial charge in [0, 0.05) is 18.3 Å². The molecule has 10 heteroatoms. The van der Waals surface area contributed by atoms with Crippen molar-refractivity contribution in [1.29, 1.82) is 0 Å². The van der Waals surface area contributed by atoms with Crippen LogP contribution >= 0.6 is 11.3 Å². The van der Waals surface area contributed by atoms with Crippen molar-refractivity contribution in [2.24, 2.45) is 10.9 Å². The largest absolute Gasteiger partial charge is 0.465 e. The highest BCUT2D eigenvalue weighted by Gasteiger charge is 2.30. The summed E-state index contributed by atoms with van der Waals surface area (Å²) < 4.78 is 4.77. The predicted molar refractivity (Wildman–Crippen MR) is 82.5 cm³/mol. The molecule has 0 saturated heterocycles. The fraction of sp³-hybridized carbons (Fsp3) is 0.385. The average Bonchev–Trinajstić information content (AvgIpc) is 2.89. The van der Waals surface area contributed by atoms with E-state index in [9.17, 15) is 14.4 Å². The van der Waals surface area contributed by atoms with E-state index in [0.29, 0.717) is 19.5 Å². The summed E-state index contributed by atoms with van der Waals surface area (Å²) in [6, 6.07) is 0. The number of anilines is 1. The van der Waals surface area contributed by atoms with E-state index in [-0.39, 0.29) is 16.5 Å². The maximum atomic E-state index is 12.0. The fourth-order valence-corrected chi connectivity index (χ4v) is 3.54. The molecule has 0 fully saturated rings. The maximum absolute atomic E-state index is 12.0.